The van der Waals surface area contributed by atoms with E-state index in [2.05, 4.69) is 5.32 Å². The second kappa shape index (κ2) is 5.47. The predicted molar refractivity (Wildman–Crippen MR) is 59.2 cm³/mol. The van der Waals surface area contributed by atoms with Crippen LogP contribution in [0.4, 0.5) is 0 Å². The molecule has 4 nitrogen and oxygen atoms in total. The zero-order valence-electron chi connectivity index (χ0n) is 9.57. The van der Waals surface area contributed by atoms with Crippen molar-refractivity contribution in [3.05, 3.63) is 0 Å². The van der Waals surface area contributed by atoms with E-state index in [1.165, 1.54) is 0 Å². The van der Waals surface area contributed by atoms with E-state index in [1.54, 1.807) is 0 Å². The largest absolute Gasteiger partial charge is 0.391 e. The molecule has 1 aliphatic carbocycles. The van der Waals surface area contributed by atoms with Gasteiger partial charge in [-0.05, 0) is 19.8 Å². The van der Waals surface area contributed by atoms with Crippen LogP contribution in [0.5, 0.6) is 0 Å². The van der Waals surface area contributed by atoms with Gasteiger partial charge in [0, 0.05) is 12.0 Å². The molecule has 4 atom stereocenters. The van der Waals surface area contributed by atoms with Crippen molar-refractivity contribution >= 4 is 5.91 Å². The third-order valence-corrected chi connectivity index (χ3v) is 3.26. The Hall–Kier alpha value is -0.610. The van der Waals surface area contributed by atoms with Crippen LogP contribution in [-0.2, 0) is 4.79 Å². The van der Waals surface area contributed by atoms with Crippen molar-refractivity contribution in [3.8, 4) is 0 Å². The van der Waals surface area contributed by atoms with E-state index in [-0.39, 0.29) is 30.0 Å². The molecule has 1 aliphatic rings. The molecule has 0 aromatic rings. The average Bonchev–Trinajstić information content (AvgIpc) is 2.20. The minimum atomic E-state index is -0.386. The van der Waals surface area contributed by atoms with Gasteiger partial charge in [-0.1, -0.05) is 19.8 Å². The van der Waals surface area contributed by atoms with Crippen LogP contribution in [0, 0.1) is 5.92 Å². The van der Waals surface area contributed by atoms with Crippen LogP contribution >= 0.6 is 0 Å². The predicted octanol–water partition coefficient (Wildman–Crippen LogP) is 0.389. The lowest BCUT2D eigenvalue weighted by Gasteiger charge is -2.29. The number of rotatable bonds is 3. The van der Waals surface area contributed by atoms with Gasteiger partial charge in [0.15, 0.2) is 0 Å². The summed E-state index contributed by atoms with van der Waals surface area (Å²) in [6.45, 7) is 3.64. The van der Waals surface area contributed by atoms with E-state index in [0.717, 1.165) is 25.7 Å². The first-order chi connectivity index (χ1) is 7.02. The van der Waals surface area contributed by atoms with E-state index in [9.17, 15) is 9.90 Å². The zero-order valence-corrected chi connectivity index (χ0v) is 9.57. The summed E-state index contributed by atoms with van der Waals surface area (Å²) in [6.07, 6.45) is 3.41. The maximum absolute atomic E-state index is 11.7. The van der Waals surface area contributed by atoms with Crippen LogP contribution in [0.25, 0.3) is 0 Å². The Labute approximate surface area is 91.2 Å². The molecule has 1 saturated carbocycles. The fourth-order valence-electron chi connectivity index (χ4n) is 1.83. The van der Waals surface area contributed by atoms with Gasteiger partial charge in [-0.2, -0.15) is 0 Å². The molecule has 0 aromatic heterocycles. The van der Waals surface area contributed by atoms with Crippen LogP contribution in [0.1, 0.15) is 39.5 Å². The number of nitrogens with two attached hydrogens (primary N) is 1. The van der Waals surface area contributed by atoms with Gasteiger partial charge in [-0.25, -0.2) is 0 Å². The van der Waals surface area contributed by atoms with E-state index in [4.69, 9.17) is 5.73 Å². The second-order valence-corrected chi connectivity index (χ2v) is 4.61. The molecule has 0 aliphatic heterocycles. The first-order valence-electron chi connectivity index (χ1n) is 5.76. The van der Waals surface area contributed by atoms with Gasteiger partial charge >= 0.3 is 0 Å². The molecule has 2 unspecified atom stereocenters. The van der Waals surface area contributed by atoms with E-state index < -0.39 is 0 Å². The first-order valence-corrected chi connectivity index (χ1v) is 5.76. The number of aliphatic hydroxyl groups is 1. The molecule has 1 rings (SSSR count). The number of nitrogens with one attached hydrogen (secondary N) is 1. The Balaban J connectivity index is 2.42. The number of hydrogen-bond donors (Lipinski definition) is 3. The smallest absolute Gasteiger partial charge is 0.224 e. The molecule has 88 valence electrons. The summed E-state index contributed by atoms with van der Waals surface area (Å²) in [5, 5.41) is 12.6. The highest BCUT2D eigenvalue weighted by Gasteiger charge is 2.26. The van der Waals surface area contributed by atoms with Crippen molar-refractivity contribution in [2.45, 2.75) is 57.7 Å². The molecule has 1 amide bonds. The number of carbonyl (C=O) groups excluding carboxylic acids is 1. The molecule has 1 fully saturated rings. The minimum Gasteiger partial charge on any atom is -0.391 e. The molecule has 0 spiro atoms. The van der Waals surface area contributed by atoms with Crippen LogP contribution < -0.4 is 11.1 Å². The summed E-state index contributed by atoms with van der Waals surface area (Å²) >= 11 is 0. The highest BCUT2D eigenvalue weighted by Crippen LogP contribution is 2.18. The summed E-state index contributed by atoms with van der Waals surface area (Å²) in [7, 11) is 0. The summed E-state index contributed by atoms with van der Waals surface area (Å²) in [4.78, 5) is 11.7. The molecule has 4 heteroatoms. The third kappa shape index (κ3) is 3.47. The van der Waals surface area contributed by atoms with E-state index >= 15 is 0 Å². The molecule has 15 heavy (non-hydrogen) atoms. The molecular weight excluding hydrogens is 192 g/mol. The number of hydrogen-bond acceptors (Lipinski definition) is 3. The van der Waals surface area contributed by atoms with Crippen LogP contribution in [0.3, 0.4) is 0 Å². The molecule has 0 radical (unpaired) electrons. The Bertz CT molecular complexity index is 219. The van der Waals surface area contributed by atoms with Crippen LogP contribution in [-0.4, -0.2) is 29.2 Å². The summed E-state index contributed by atoms with van der Waals surface area (Å²) in [5.74, 6) is -0.241. The highest BCUT2D eigenvalue weighted by molar-refractivity contribution is 5.79. The molecular formula is C11H22N2O2. The van der Waals surface area contributed by atoms with Crippen molar-refractivity contribution in [1.29, 1.82) is 0 Å². The normalized spacial score (nSPS) is 30.7. The Morgan fingerprint density at radius 1 is 1.40 bits per heavy atom. The summed E-state index contributed by atoms with van der Waals surface area (Å²) in [5.41, 5.74) is 5.65. The maximum Gasteiger partial charge on any atom is 0.224 e. The van der Waals surface area contributed by atoms with Crippen LogP contribution in [0.15, 0.2) is 0 Å². The molecule has 0 saturated heterocycles. The standard InChI is InChI=1S/C11H22N2O2/c1-7(8(2)12)11(15)13-9-5-3-4-6-10(9)14/h7-10,14H,3-6,12H2,1-2H3,(H,13,15)/t7?,8?,9-,10-/m0/s1. The fraction of sp³-hybridized carbons (Fsp3) is 0.909. The molecule has 4 N–H and O–H groups in total. The van der Waals surface area contributed by atoms with Gasteiger partial charge in [0.25, 0.3) is 0 Å². The number of carbonyl (C=O) groups is 1. The van der Waals surface area contributed by atoms with Gasteiger partial charge in [0.1, 0.15) is 0 Å². The zero-order chi connectivity index (χ0) is 11.4. The fourth-order valence-corrected chi connectivity index (χ4v) is 1.83. The molecule has 0 bridgehead atoms. The summed E-state index contributed by atoms with van der Waals surface area (Å²) in [6, 6.07) is -0.224. The topological polar surface area (TPSA) is 75.4 Å². The van der Waals surface area contributed by atoms with Crippen molar-refractivity contribution in [2.75, 3.05) is 0 Å². The lowest BCUT2D eigenvalue weighted by molar-refractivity contribution is -0.126. The molecule has 0 aromatic carbocycles. The van der Waals surface area contributed by atoms with Crippen molar-refractivity contribution in [1.82, 2.24) is 5.32 Å². The monoisotopic (exact) mass is 214 g/mol. The lowest BCUT2D eigenvalue weighted by atomic mass is 9.92. The van der Waals surface area contributed by atoms with E-state index in [0.29, 0.717) is 0 Å². The van der Waals surface area contributed by atoms with Gasteiger partial charge in [0.05, 0.1) is 12.1 Å². The highest BCUT2D eigenvalue weighted by atomic mass is 16.3. The SMILES string of the molecule is CC(N)C(C)C(=O)N[C@H]1CCCC[C@@H]1O. The van der Waals surface area contributed by atoms with Gasteiger partial charge in [-0.3, -0.25) is 4.79 Å². The minimum absolute atomic E-state index is 0.0454. The van der Waals surface area contributed by atoms with E-state index in [1.807, 2.05) is 13.8 Å². The third-order valence-electron chi connectivity index (χ3n) is 3.26. The van der Waals surface area contributed by atoms with Crippen molar-refractivity contribution in [2.24, 2.45) is 11.7 Å². The van der Waals surface area contributed by atoms with Gasteiger partial charge in [-0.15, -0.1) is 0 Å². The Morgan fingerprint density at radius 2 is 2.00 bits per heavy atom. The maximum atomic E-state index is 11.7. The van der Waals surface area contributed by atoms with Crippen LogP contribution in [0.2, 0.25) is 0 Å². The Morgan fingerprint density at radius 3 is 2.53 bits per heavy atom. The second-order valence-electron chi connectivity index (χ2n) is 4.61. The quantitative estimate of drug-likeness (QED) is 0.636. The molecule has 0 heterocycles. The summed E-state index contributed by atoms with van der Waals surface area (Å²) < 4.78 is 0. The van der Waals surface area contributed by atoms with Gasteiger partial charge < -0.3 is 16.2 Å². The van der Waals surface area contributed by atoms with Gasteiger partial charge in [0.2, 0.25) is 5.91 Å². The van der Waals surface area contributed by atoms with Crippen molar-refractivity contribution < 1.29 is 9.90 Å². The average molecular weight is 214 g/mol. The lowest BCUT2D eigenvalue weighted by Crippen LogP contribution is -2.49. The number of aliphatic hydroxyl groups excluding tert-OH is 1. The first kappa shape index (κ1) is 12.5. The Kier molecular flexibility index (Phi) is 4.54. The van der Waals surface area contributed by atoms with Crippen molar-refractivity contribution in [3.63, 3.8) is 0 Å². The number of amides is 1.